The number of nitrogens with two attached hydrogens (primary N) is 2. The average molecular weight is 445 g/mol. The maximum absolute atomic E-state index is 13.0. The number of hydrogen-bond donors (Lipinski definition) is 2. The Morgan fingerprint density at radius 1 is 1.09 bits per heavy atom. The van der Waals surface area contributed by atoms with Crippen molar-refractivity contribution in [2.75, 3.05) is 30.3 Å². The van der Waals surface area contributed by atoms with Gasteiger partial charge in [-0.3, -0.25) is 9.48 Å². The summed E-state index contributed by atoms with van der Waals surface area (Å²) in [5.41, 5.74) is 16.9. The van der Waals surface area contributed by atoms with Gasteiger partial charge in [0.15, 0.2) is 11.5 Å². The second kappa shape index (κ2) is 7.55. The van der Waals surface area contributed by atoms with E-state index >= 15 is 0 Å². The summed E-state index contributed by atoms with van der Waals surface area (Å²) in [4.78, 5) is 26.0. The molecule has 9 nitrogen and oxygen atoms in total. The molecule has 2 aromatic heterocycles. The zero-order valence-corrected chi connectivity index (χ0v) is 18.5. The van der Waals surface area contributed by atoms with Gasteiger partial charge in [0, 0.05) is 31.9 Å². The quantitative estimate of drug-likeness (QED) is 0.618. The summed E-state index contributed by atoms with van der Waals surface area (Å²) in [6.45, 7) is 3.44. The number of piperidine rings is 1. The van der Waals surface area contributed by atoms with Gasteiger partial charge < -0.3 is 21.3 Å². The molecular weight excluding hydrogens is 416 g/mol. The smallest absolute Gasteiger partial charge is 0.276 e. The van der Waals surface area contributed by atoms with Crippen molar-refractivity contribution in [2.45, 2.75) is 38.4 Å². The molecule has 6 rings (SSSR count). The van der Waals surface area contributed by atoms with Crippen LogP contribution in [0.3, 0.4) is 0 Å². The highest BCUT2D eigenvalue weighted by atomic mass is 16.2. The van der Waals surface area contributed by atoms with E-state index in [1.807, 2.05) is 10.7 Å². The lowest BCUT2D eigenvalue weighted by molar-refractivity contribution is 0.0701. The van der Waals surface area contributed by atoms with E-state index in [2.05, 4.69) is 44.2 Å². The Hall–Kier alpha value is -3.46. The fraction of sp³-hybridized carbons (Fsp3) is 0.417. The van der Waals surface area contributed by atoms with Crippen LogP contribution in [-0.4, -0.2) is 50.2 Å². The lowest BCUT2D eigenvalue weighted by Gasteiger charge is -2.42. The number of nitrogens with zero attached hydrogens (tertiary/aromatic N) is 6. The molecule has 1 saturated heterocycles. The normalized spacial score (nSPS) is 21.2. The lowest BCUT2D eigenvalue weighted by atomic mass is 9.73. The molecule has 0 radical (unpaired) electrons. The first-order valence-electron chi connectivity index (χ1n) is 11.5. The SMILES string of the molecule is Nc1nc(N2CCC3(CC2)Cc2ccccc2[C@H]3N)cnc1C(=O)N1CCn2nccc2C1. The zero-order chi connectivity index (χ0) is 22.6. The number of benzene rings is 1. The maximum Gasteiger partial charge on any atom is 0.276 e. The van der Waals surface area contributed by atoms with Crippen LogP contribution in [0.15, 0.2) is 42.7 Å². The molecule has 4 N–H and O–H groups in total. The van der Waals surface area contributed by atoms with Crippen LogP contribution in [-0.2, 0) is 19.5 Å². The van der Waals surface area contributed by atoms with Gasteiger partial charge in [0.2, 0.25) is 0 Å². The molecule has 4 heterocycles. The Morgan fingerprint density at radius 3 is 2.70 bits per heavy atom. The van der Waals surface area contributed by atoms with Gasteiger partial charge in [-0.2, -0.15) is 5.10 Å². The molecule has 0 unspecified atom stereocenters. The van der Waals surface area contributed by atoms with Crippen LogP contribution in [0, 0.1) is 5.41 Å². The standard InChI is InChI=1S/C24H28N8O/c25-21-18-4-2-1-3-16(18)13-24(21)6-9-30(10-7-24)19-14-27-20(22(26)29-19)23(33)31-11-12-32-17(15-31)5-8-28-32/h1-5,8,14,21H,6-7,9-13,15,25H2,(H2,26,29)/t21-/m1/s1. The van der Waals surface area contributed by atoms with Crippen LogP contribution in [0.4, 0.5) is 11.6 Å². The van der Waals surface area contributed by atoms with E-state index in [4.69, 9.17) is 11.5 Å². The van der Waals surface area contributed by atoms with Crippen molar-refractivity contribution in [1.82, 2.24) is 24.6 Å². The van der Waals surface area contributed by atoms with Crippen LogP contribution in [0.25, 0.3) is 0 Å². The molecule has 2 aliphatic heterocycles. The minimum atomic E-state index is -0.189. The Kier molecular flexibility index (Phi) is 4.62. The third-order valence-corrected chi connectivity index (χ3v) is 7.69. The van der Waals surface area contributed by atoms with E-state index < -0.39 is 0 Å². The molecule has 1 spiro atoms. The van der Waals surface area contributed by atoms with Crippen LogP contribution in [0.1, 0.15) is 46.2 Å². The van der Waals surface area contributed by atoms with Gasteiger partial charge in [0.1, 0.15) is 5.82 Å². The largest absolute Gasteiger partial charge is 0.382 e. The first kappa shape index (κ1) is 20.2. The van der Waals surface area contributed by atoms with Crippen molar-refractivity contribution in [2.24, 2.45) is 11.1 Å². The van der Waals surface area contributed by atoms with Gasteiger partial charge in [-0.25, -0.2) is 9.97 Å². The highest BCUT2D eigenvalue weighted by Gasteiger charge is 2.46. The molecule has 3 aliphatic rings. The van der Waals surface area contributed by atoms with E-state index in [-0.39, 0.29) is 28.9 Å². The molecule has 1 aliphatic carbocycles. The van der Waals surface area contributed by atoms with Crippen LogP contribution >= 0.6 is 0 Å². The van der Waals surface area contributed by atoms with Crippen LogP contribution < -0.4 is 16.4 Å². The van der Waals surface area contributed by atoms with Gasteiger partial charge in [-0.05, 0) is 41.9 Å². The van der Waals surface area contributed by atoms with Gasteiger partial charge in [-0.1, -0.05) is 24.3 Å². The van der Waals surface area contributed by atoms with Gasteiger partial charge in [0.25, 0.3) is 5.91 Å². The predicted octanol–water partition coefficient (Wildman–Crippen LogP) is 1.75. The van der Waals surface area contributed by atoms with E-state index in [1.54, 1.807) is 17.3 Å². The lowest BCUT2D eigenvalue weighted by Crippen LogP contribution is -2.44. The summed E-state index contributed by atoms with van der Waals surface area (Å²) in [6, 6.07) is 10.5. The number of anilines is 2. The molecule has 9 heteroatoms. The monoisotopic (exact) mass is 444 g/mol. The summed E-state index contributed by atoms with van der Waals surface area (Å²) in [5.74, 6) is 0.716. The summed E-state index contributed by atoms with van der Waals surface area (Å²) < 4.78 is 1.92. The number of hydrogen-bond acceptors (Lipinski definition) is 7. The summed E-state index contributed by atoms with van der Waals surface area (Å²) >= 11 is 0. The molecule has 0 bridgehead atoms. The zero-order valence-electron chi connectivity index (χ0n) is 18.5. The fourth-order valence-electron chi connectivity index (χ4n) is 5.71. The van der Waals surface area contributed by atoms with Crippen molar-refractivity contribution < 1.29 is 4.79 Å². The molecule has 3 aromatic rings. The molecule has 1 amide bonds. The predicted molar refractivity (Wildman–Crippen MR) is 124 cm³/mol. The van der Waals surface area contributed by atoms with Crippen molar-refractivity contribution >= 4 is 17.5 Å². The van der Waals surface area contributed by atoms with E-state index in [9.17, 15) is 4.79 Å². The maximum atomic E-state index is 13.0. The second-order valence-electron chi connectivity index (χ2n) is 9.44. The Bertz CT molecular complexity index is 1210. The van der Waals surface area contributed by atoms with E-state index in [1.165, 1.54) is 11.1 Å². The number of carbonyl (C=O) groups excluding carboxylic acids is 1. The third-order valence-electron chi connectivity index (χ3n) is 7.69. The van der Waals surface area contributed by atoms with E-state index in [0.717, 1.165) is 43.9 Å². The first-order valence-corrected chi connectivity index (χ1v) is 11.5. The third kappa shape index (κ3) is 3.26. The Labute approximate surface area is 192 Å². The first-order chi connectivity index (χ1) is 16.0. The highest BCUT2D eigenvalue weighted by molar-refractivity contribution is 5.96. The van der Waals surface area contributed by atoms with Crippen molar-refractivity contribution in [3.8, 4) is 0 Å². The molecule has 1 aromatic carbocycles. The van der Waals surface area contributed by atoms with Crippen molar-refractivity contribution in [3.05, 3.63) is 65.2 Å². The fourth-order valence-corrected chi connectivity index (χ4v) is 5.71. The van der Waals surface area contributed by atoms with Gasteiger partial charge >= 0.3 is 0 Å². The molecule has 1 atom stereocenters. The van der Waals surface area contributed by atoms with Crippen LogP contribution in [0.2, 0.25) is 0 Å². The summed E-state index contributed by atoms with van der Waals surface area (Å²) in [5, 5.41) is 4.26. The molecule has 33 heavy (non-hydrogen) atoms. The molecule has 0 saturated carbocycles. The number of fused-ring (bicyclic) bond motifs is 2. The van der Waals surface area contributed by atoms with Crippen molar-refractivity contribution in [1.29, 1.82) is 0 Å². The van der Waals surface area contributed by atoms with Crippen molar-refractivity contribution in [3.63, 3.8) is 0 Å². The topological polar surface area (TPSA) is 119 Å². The number of aromatic nitrogens is 4. The summed E-state index contributed by atoms with van der Waals surface area (Å²) in [6.07, 6.45) is 6.46. The molecule has 1 fully saturated rings. The van der Waals surface area contributed by atoms with Crippen LogP contribution in [0.5, 0.6) is 0 Å². The minimum absolute atomic E-state index is 0.0767. The number of nitrogen functional groups attached to an aromatic ring is 1. The number of amides is 1. The molecule has 170 valence electrons. The summed E-state index contributed by atoms with van der Waals surface area (Å²) in [7, 11) is 0. The van der Waals surface area contributed by atoms with Gasteiger partial charge in [0.05, 0.1) is 25.0 Å². The van der Waals surface area contributed by atoms with E-state index in [0.29, 0.717) is 19.6 Å². The van der Waals surface area contributed by atoms with Gasteiger partial charge in [-0.15, -0.1) is 0 Å². The number of carbonyl (C=O) groups is 1. The number of rotatable bonds is 2. The molecular formula is C24H28N8O. The minimum Gasteiger partial charge on any atom is -0.382 e. The average Bonchev–Trinajstić information content (AvgIpc) is 3.41. The Morgan fingerprint density at radius 2 is 1.91 bits per heavy atom. The Balaban J connectivity index is 1.15. The second-order valence-corrected chi connectivity index (χ2v) is 9.44. The highest BCUT2D eigenvalue weighted by Crippen LogP contribution is 2.50.